The summed E-state index contributed by atoms with van der Waals surface area (Å²) in [6.07, 6.45) is 3.75. The van der Waals surface area contributed by atoms with E-state index >= 15 is 0 Å². The molecule has 3 nitrogen and oxygen atoms in total. The number of carbonyl (C=O) groups is 1. The molecular weight excluding hydrogens is 295 g/mol. The van der Waals surface area contributed by atoms with E-state index in [2.05, 4.69) is 0 Å². The summed E-state index contributed by atoms with van der Waals surface area (Å²) in [6.45, 7) is 0.674. The Kier molecular flexibility index (Phi) is 4.63. The molecule has 2 rings (SSSR count). The van der Waals surface area contributed by atoms with Gasteiger partial charge in [-0.15, -0.1) is 0 Å². The van der Waals surface area contributed by atoms with Crippen molar-refractivity contribution in [1.29, 1.82) is 0 Å². The second-order valence-corrected chi connectivity index (χ2v) is 5.52. The van der Waals surface area contributed by atoms with E-state index in [1.165, 1.54) is 0 Å². The first-order valence-corrected chi connectivity index (χ1v) is 6.87. The highest BCUT2D eigenvalue weighted by Crippen LogP contribution is 2.22. The molecule has 0 saturated carbocycles. The first kappa shape index (κ1) is 14.8. The summed E-state index contributed by atoms with van der Waals surface area (Å²) < 4.78 is 1.98. The molecule has 5 heteroatoms. The minimum Gasteiger partial charge on any atom is -0.345 e. The lowest BCUT2D eigenvalue weighted by Crippen LogP contribution is -2.34. The number of halogens is 2. The number of carbonyl (C=O) groups excluding carboxylic acids is 1. The van der Waals surface area contributed by atoms with Crippen molar-refractivity contribution in [1.82, 2.24) is 4.90 Å². The summed E-state index contributed by atoms with van der Waals surface area (Å²) in [5.41, 5.74) is 1.72. The molecule has 0 aliphatic heterocycles. The van der Waals surface area contributed by atoms with E-state index < -0.39 is 0 Å². The predicted molar refractivity (Wildman–Crippen MR) is 80.2 cm³/mol. The molecule has 0 bridgehead atoms. The lowest BCUT2D eigenvalue weighted by molar-refractivity contribution is -0.688. The molecule has 0 atom stereocenters. The highest BCUT2D eigenvalue weighted by atomic mass is 35.5. The van der Waals surface area contributed by atoms with Crippen LogP contribution in [0.5, 0.6) is 0 Å². The minimum atomic E-state index is -0.00770. The molecule has 0 radical (unpaired) electrons. The van der Waals surface area contributed by atoms with Gasteiger partial charge in [0.1, 0.15) is 0 Å². The van der Waals surface area contributed by atoms with Crippen molar-refractivity contribution in [3.05, 3.63) is 63.9 Å². The summed E-state index contributed by atoms with van der Waals surface area (Å²) in [5.74, 6) is -0.00770. The second-order valence-electron chi connectivity index (χ2n) is 4.71. The Morgan fingerprint density at radius 2 is 1.75 bits per heavy atom. The SMILES string of the molecule is CN(C)C(=O)c1cc[n+](Cc2ccc(Cl)c(Cl)c2)cc1. The van der Waals surface area contributed by atoms with Crippen LogP contribution in [0.3, 0.4) is 0 Å². The molecule has 0 aliphatic rings. The lowest BCUT2D eigenvalue weighted by Gasteiger charge is -2.09. The van der Waals surface area contributed by atoms with Crippen LogP contribution >= 0.6 is 23.2 Å². The van der Waals surface area contributed by atoms with Crippen molar-refractivity contribution in [3.63, 3.8) is 0 Å². The van der Waals surface area contributed by atoms with E-state index in [1.807, 2.05) is 29.1 Å². The molecule has 20 heavy (non-hydrogen) atoms. The highest BCUT2D eigenvalue weighted by Gasteiger charge is 2.10. The maximum atomic E-state index is 11.8. The van der Waals surface area contributed by atoms with Gasteiger partial charge in [0.05, 0.1) is 15.6 Å². The van der Waals surface area contributed by atoms with E-state index in [0.717, 1.165) is 5.56 Å². The van der Waals surface area contributed by atoms with E-state index in [0.29, 0.717) is 22.2 Å². The third kappa shape index (κ3) is 3.50. The van der Waals surface area contributed by atoms with Crippen molar-refractivity contribution in [3.8, 4) is 0 Å². The number of amides is 1. The van der Waals surface area contributed by atoms with Gasteiger partial charge in [-0.25, -0.2) is 4.57 Å². The smallest absolute Gasteiger partial charge is 0.253 e. The molecule has 1 aromatic heterocycles. The number of hydrogen-bond donors (Lipinski definition) is 0. The Morgan fingerprint density at radius 3 is 2.30 bits per heavy atom. The Balaban J connectivity index is 2.14. The van der Waals surface area contributed by atoms with Gasteiger partial charge in [-0.1, -0.05) is 29.3 Å². The number of benzene rings is 1. The average Bonchev–Trinajstić information content (AvgIpc) is 2.43. The fraction of sp³-hybridized carbons (Fsp3) is 0.200. The molecule has 0 N–H and O–H groups in total. The molecule has 0 aliphatic carbocycles. The first-order valence-electron chi connectivity index (χ1n) is 6.12. The van der Waals surface area contributed by atoms with Crippen molar-refractivity contribution in [2.45, 2.75) is 6.54 Å². The third-order valence-electron chi connectivity index (χ3n) is 2.89. The molecule has 0 fully saturated rings. The van der Waals surface area contributed by atoms with Crippen molar-refractivity contribution >= 4 is 29.1 Å². The lowest BCUT2D eigenvalue weighted by atomic mass is 10.2. The number of aromatic nitrogens is 1. The van der Waals surface area contributed by atoms with E-state index in [-0.39, 0.29) is 5.91 Å². The molecule has 0 saturated heterocycles. The summed E-state index contributed by atoms with van der Waals surface area (Å²) >= 11 is 11.9. The van der Waals surface area contributed by atoms with E-state index in [9.17, 15) is 4.79 Å². The maximum Gasteiger partial charge on any atom is 0.253 e. The Morgan fingerprint density at radius 1 is 1.10 bits per heavy atom. The first-order chi connectivity index (χ1) is 9.47. The van der Waals surface area contributed by atoms with Gasteiger partial charge < -0.3 is 4.90 Å². The topological polar surface area (TPSA) is 24.2 Å². The monoisotopic (exact) mass is 309 g/mol. The highest BCUT2D eigenvalue weighted by molar-refractivity contribution is 6.42. The van der Waals surface area contributed by atoms with Gasteiger partial charge in [0.2, 0.25) is 0 Å². The van der Waals surface area contributed by atoms with Gasteiger partial charge >= 0.3 is 0 Å². The zero-order valence-electron chi connectivity index (χ0n) is 11.3. The quantitative estimate of drug-likeness (QED) is 0.800. The van der Waals surface area contributed by atoms with Gasteiger partial charge in [0, 0.05) is 31.8 Å². The zero-order chi connectivity index (χ0) is 14.7. The minimum absolute atomic E-state index is 0.00770. The van der Waals surface area contributed by atoms with Crippen LogP contribution in [0.25, 0.3) is 0 Å². The van der Waals surface area contributed by atoms with Crippen LogP contribution in [0.15, 0.2) is 42.7 Å². The number of nitrogens with zero attached hydrogens (tertiary/aromatic N) is 2. The molecule has 0 unspecified atom stereocenters. The van der Waals surface area contributed by atoms with Crippen LogP contribution in [0.4, 0.5) is 0 Å². The molecule has 0 spiro atoms. The van der Waals surface area contributed by atoms with Gasteiger partial charge in [-0.2, -0.15) is 0 Å². The molecule has 1 amide bonds. The number of rotatable bonds is 3. The zero-order valence-corrected chi connectivity index (χ0v) is 12.8. The van der Waals surface area contributed by atoms with Gasteiger partial charge in [-0.05, 0) is 12.1 Å². The van der Waals surface area contributed by atoms with Crippen LogP contribution in [-0.2, 0) is 6.54 Å². The second kappa shape index (κ2) is 6.25. The average molecular weight is 310 g/mol. The largest absolute Gasteiger partial charge is 0.345 e. The Hall–Kier alpha value is -1.58. The molecule has 1 heterocycles. The fourth-order valence-electron chi connectivity index (χ4n) is 1.81. The number of pyridine rings is 1. The van der Waals surface area contributed by atoms with Crippen molar-refractivity contribution in [2.75, 3.05) is 14.1 Å². The van der Waals surface area contributed by atoms with Crippen molar-refractivity contribution < 1.29 is 9.36 Å². The summed E-state index contributed by atoms with van der Waals surface area (Å²) in [6, 6.07) is 9.17. The van der Waals surface area contributed by atoms with Crippen LogP contribution in [0.1, 0.15) is 15.9 Å². The molecule has 2 aromatic rings. The van der Waals surface area contributed by atoms with Crippen LogP contribution in [-0.4, -0.2) is 24.9 Å². The maximum absolute atomic E-state index is 11.8. The van der Waals surface area contributed by atoms with Gasteiger partial charge in [0.15, 0.2) is 18.9 Å². The normalized spacial score (nSPS) is 10.4. The molecule has 104 valence electrons. The molecular formula is C15H15Cl2N2O+. The van der Waals surface area contributed by atoms with E-state index in [4.69, 9.17) is 23.2 Å². The Labute approximate surface area is 128 Å². The third-order valence-corrected chi connectivity index (χ3v) is 3.63. The van der Waals surface area contributed by atoms with Crippen molar-refractivity contribution in [2.24, 2.45) is 0 Å². The van der Waals surface area contributed by atoms with Gasteiger partial charge in [-0.3, -0.25) is 4.79 Å². The summed E-state index contributed by atoms with van der Waals surface area (Å²) in [4.78, 5) is 13.3. The molecule has 1 aromatic carbocycles. The predicted octanol–water partition coefficient (Wildman–Crippen LogP) is 3.03. The standard InChI is InChI=1S/C15H15Cl2N2O/c1-18(2)15(20)12-5-7-19(8-6-12)10-11-3-4-13(16)14(17)9-11/h3-9H,10H2,1-2H3/q+1. The summed E-state index contributed by atoms with van der Waals surface area (Å²) in [5, 5.41) is 1.09. The van der Waals surface area contributed by atoms with Gasteiger partial charge in [0.25, 0.3) is 5.91 Å². The van der Waals surface area contributed by atoms with E-state index in [1.54, 1.807) is 37.2 Å². The van der Waals surface area contributed by atoms with Crippen LogP contribution in [0, 0.1) is 0 Å². The fourth-order valence-corrected chi connectivity index (χ4v) is 2.13. The number of hydrogen-bond acceptors (Lipinski definition) is 1. The van der Waals surface area contributed by atoms with Crippen LogP contribution in [0.2, 0.25) is 10.0 Å². The van der Waals surface area contributed by atoms with Crippen LogP contribution < -0.4 is 4.57 Å². The Bertz CT molecular complexity index is 624. The summed E-state index contributed by atoms with van der Waals surface area (Å²) in [7, 11) is 3.47.